The molecule has 1 N–H and O–H groups in total. The number of hydrogen-bond acceptors (Lipinski definition) is 4. The van der Waals surface area contributed by atoms with Gasteiger partial charge in [0.15, 0.2) is 11.0 Å². The first-order valence-electron chi connectivity index (χ1n) is 9.31. The Balaban J connectivity index is 1.85. The van der Waals surface area contributed by atoms with Crippen LogP contribution < -0.4 is 10.2 Å². The van der Waals surface area contributed by atoms with Gasteiger partial charge < -0.3 is 14.5 Å². The SMILES string of the molecule is CCOC(=O)c1c(OCc2ccccc2)[nH]c(CCc2ccccc2)cc1=O. The van der Waals surface area contributed by atoms with Crippen molar-refractivity contribution in [3.8, 4) is 5.88 Å². The van der Waals surface area contributed by atoms with Crippen LogP contribution in [0.1, 0.15) is 34.1 Å². The van der Waals surface area contributed by atoms with Crippen molar-refractivity contribution in [3.05, 3.63) is 99.3 Å². The largest absolute Gasteiger partial charge is 0.473 e. The molecule has 0 radical (unpaired) electrons. The minimum absolute atomic E-state index is 0.0961. The number of aromatic amines is 1. The van der Waals surface area contributed by atoms with Crippen LogP contribution in [0.3, 0.4) is 0 Å². The molecule has 5 heteroatoms. The van der Waals surface area contributed by atoms with Crippen molar-refractivity contribution in [1.29, 1.82) is 0 Å². The van der Waals surface area contributed by atoms with Crippen molar-refractivity contribution in [1.82, 2.24) is 4.98 Å². The summed E-state index contributed by atoms with van der Waals surface area (Å²) in [4.78, 5) is 28.0. The summed E-state index contributed by atoms with van der Waals surface area (Å²) in [5.41, 5.74) is 2.33. The molecule has 0 unspecified atom stereocenters. The maximum atomic E-state index is 12.6. The van der Waals surface area contributed by atoms with Gasteiger partial charge in [0.05, 0.1) is 6.61 Å². The molecule has 3 rings (SSSR count). The van der Waals surface area contributed by atoms with Crippen molar-refractivity contribution >= 4 is 5.97 Å². The number of nitrogens with one attached hydrogen (secondary N) is 1. The zero-order valence-electron chi connectivity index (χ0n) is 15.8. The number of esters is 1. The number of carbonyl (C=O) groups is 1. The lowest BCUT2D eigenvalue weighted by atomic mass is 10.1. The Morgan fingerprint density at radius 1 is 0.929 bits per heavy atom. The topological polar surface area (TPSA) is 68.4 Å². The van der Waals surface area contributed by atoms with Gasteiger partial charge in [-0.2, -0.15) is 0 Å². The van der Waals surface area contributed by atoms with E-state index in [4.69, 9.17) is 9.47 Å². The molecule has 1 heterocycles. The summed E-state index contributed by atoms with van der Waals surface area (Å²) in [5.74, 6) is -0.528. The number of aryl methyl sites for hydroxylation is 2. The average Bonchev–Trinajstić information content (AvgIpc) is 2.72. The highest BCUT2D eigenvalue weighted by molar-refractivity contribution is 5.91. The van der Waals surface area contributed by atoms with Crippen LogP contribution in [0.25, 0.3) is 0 Å². The number of carbonyl (C=O) groups excluding carboxylic acids is 1. The molecule has 0 fully saturated rings. The molecule has 0 saturated heterocycles. The Morgan fingerprint density at radius 3 is 2.21 bits per heavy atom. The Morgan fingerprint density at radius 2 is 1.57 bits per heavy atom. The smallest absolute Gasteiger partial charge is 0.347 e. The van der Waals surface area contributed by atoms with Crippen molar-refractivity contribution in [3.63, 3.8) is 0 Å². The summed E-state index contributed by atoms with van der Waals surface area (Å²) < 4.78 is 10.8. The lowest BCUT2D eigenvalue weighted by molar-refractivity contribution is 0.0518. The van der Waals surface area contributed by atoms with Gasteiger partial charge >= 0.3 is 5.97 Å². The molecule has 0 amide bonds. The molecular weight excluding hydrogens is 354 g/mol. The number of aromatic nitrogens is 1. The number of benzene rings is 2. The minimum Gasteiger partial charge on any atom is -0.473 e. The van der Waals surface area contributed by atoms with E-state index in [-0.39, 0.29) is 24.7 Å². The van der Waals surface area contributed by atoms with Crippen LogP contribution in [0.4, 0.5) is 0 Å². The van der Waals surface area contributed by atoms with E-state index >= 15 is 0 Å². The van der Waals surface area contributed by atoms with E-state index in [0.717, 1.165) is 12.0 Å². The van der Waals surface area contributed by atoms with Gasteiger partial charge in [-0.25, -0.2) is 4.79 Å². The second-order valence-electron chi connectivity index (χ2n) is 6.34. The first-order valence-corrected chi connectivity index (χ1v) is 9.31. The molecule has 0 saturated carbocycles. The van der Waals surface area contributed by atoms with Crippen molar-refractivity contribution in [2.24, 2.45) is 0 Å². The molecule has 1 aromatic heterocycles. The highest BCUT2D eigenvalue weighted by atomic mass is 16.5. The molecule has 0 bridgehead atoms. The van der Waals surface area contributed by atoms with E-state index in [1.165, 1.54) is 11.6 Å². The third kappa shape index (κ3) is 5.10. The predicted octanol–water partition coefficient (Wildman–Crippen LogP) is 3.92. The Labute approximate surface area is 164 Å². The number of rotatable bonds is 8. The fourth-order valence-electron chi connectivity index (χ4n) is 2.88. The zero-order valence-corrected chi connectivity index (χ0v) is 15.8. The van der Waals surface area contributed by atoms with Gasteiger partial charge in [-0.05, 0) is 30.9 Å². The summed E-state index contributed by atoms with van der Waals surface area (Å²) in [5, 5.41) is 0. The molecular formula is C23H23NO4. The zero-order chi connectivity index (χ0) is 19.8. The second-order valence-corrected chi connectivity index (χ2v) is 6.34. The maximum Gasteiger partial charge on any atom is 0.347 e. The first kappa shape index (κ1) is 19.4. The van der Waals surface area contributed by atoms with E-state index in [1.807, 2.05) is 60.7 Å². The van der Waals surface area contributed by atoms with E-state index in [1.54, 1.807) is 6.92 Å². The lowest BCUT2D eigenvalue weighted by Crippen LogP contribution is -2.21. The van der Waals surface area contributed by atoms with E-state index in [0.29, 0.717) is 12.1 Å². The van der Waals surface area contributed by atoms with Crippen LogP contribution >= 0.6 is 0 Å². The molecule has 3 aromatic rings. The van der Waals surface area contributed by atoms with E-state index in [9.17, 15) is 9.59 Å². The summed E-state index contributed by atoms with van der Waals surface area (Å²) in [7, 11) is 0. The second kappa shape index (κ2) is 9.55. The molecule has 0 atom stereocenters. The summed E-state index contributed by atoms with van der Waals surface area (Å²) in [6.45, 7) is 2.13. The molecule has 144 valence electrons. The monoisotopic (exact) mass is 377 g/mol. The fraction of sp³-hybridized carbons (Fsp3) is 0.217. The molecule has 0 aliphatic heterocycles. The predicted molar refractivity (Wildman–Crippen MR) is 108 cm³/mol. The summed E-state index contributed by atoms with van der Waals surface area (Å²) in [6.07, 6.45) is 1.40. The molecule has 0 spiro atoms. The maximum absolute atomic E-state index is 12.6. The Hall–Kier alpha value is -3.34. The van der Waals surface area contributed by atoms with Crippen LogP contribution in [-0.2, 0) is 24.2 Å². The van der Waals surface area contributed by atoms with Gasteiger partial charge in [-0.15, -0.1) is 0 Å². The third-order valence-electron chi connectivity index (χ3n) is 4.28. The summed E-state index contributed by atoms with van der Waals surface area (Å²) in [6, 6.07) is 21.0. The van der Waals surface area contributed by atoms with Crippen LogP contribution in [0.5, 0.6) is 5.88 Å². The van der Waals surface area contributed by atoms with Gasteiger partial charge in [0, 0.05) is 11.8 Å². The van der Waals surface area contributed by atoms with Gasteiger partial charge in [-0.3, -0.25) is 4.79 Å². The van der Waals surface area contributed by atoms with Gasteiger partial charge in [0.25, 0.3) is 0 Å². The number of ether oxygens (including phenoxy) is 2. The number of pyridine rings is 1. The molecule has 28 heavy (non-hydrogen) atoms. The van der Waals surface area contributed by atoms with Gasteiger partial charge in [-0.1, -0.05) is 60.7 Å². The van der Waals surface area contributed by atoms with Crippen LogP contribution in [0, 0.1) is 0 Å². The standard InChI is InChI=1S/C23H23NO4/c1-2-27-23(26)21-20(25)15-19(14-13-17-9-5-3-6-10-17)24-22(21)28-16-18-11-7-4-8-12-18/h3-12,15H,2,13-14,16H2,1H3,(H,24,25). The normalized spacial score (nSPS) is 10.5. The highest BCUT2D eigenvalue weighted by Gasteiger charge is 2.20. The van der Waals surface area contributed by atoms with Crippen LogP contribution in [-0.4, -0.2) is 17.6 Å². The quantitative estimate of drug-likeness (QED) is 0.604. The molecule has 5 nitrogen and oxygen atoms in total. The highest BCUT2D eigenvalue weighted by Crippen LogP contribution is 2.17. The van der Waals surface area contributed by atoms with E-state index < -0.39 is 11.4 Å². The number of hydrogen-bond donors (Lipinski definition) is 1. The van der Waals surface area contributed by atoms with Gasteiger partial charge in [0.2, 0.25) is 5.88 Å². The molecule has 0 aliphatic rings. The third-order valence-corrected chi connectivity index (χ3v) is 4.28. The van der Waals surface area contributed by atoms with Crippen molar-refractivity contribution in [2.75, 3.05) is 6.61 Å². The Kier molecular flexibility index (Phi) is 6.63. The van der Waals surface area contributed by atoms with Crippen LogP contribution in [0.2, 0.25) is 0 Å². The van der Waals surface area contributed by atoms with Crippen LogP contribution in [0.15, 0.2) is 71.5 Å². The minimum atomic E-state index is -0.679. The van der Waals surface area contributed by atoms with Gasteiger partial charge in [0.1, 0.15) is 6.61 Å². The molecule has 2 aromatic carbocycles. The fourth-order valence-corrected chi connectivity index (χ4v) is 2.88. The first-order chi connectivity index (χ1) is 13.7. The average molecular weight is 377 g/mol. The van der Waals surface area contributed by atoms with Crippen molar-refractivity contribution < 1.29 is 14.3 Å². The van der Waals surface area contributed by atoms with E-state index in [2.05, 4.69) is 4.98 Å². The molecule has 0 aliphatic carbocycles. The number of H-pyrrole nitrogens is 1. The summed E-state index contributed by atoms with van der Waals surface area (Å²) >= 11 is 0. The van der Waals surface area contributed by atoms with Crippen molar-refractivity contribution in [2.45, 2.75) is 26.4 Å². The Bertz CT molecular complexity index is 965. The lowest BCUT2D eigenvalue weighted by Gasteiger charge is -2.13.